The number of amides is 1. The molecular weight excluding hydrogens is 548 g/mol. The van der Waals surface area contributed by atoms with Crippen molar-refractivity contribution in [2.45, 2.75) is 106 Å². The fourth-order valence-corrected chi connectivity index (χ4v) is 10.0. The number of carbonyl (C=O) groups excluding carboxylic acids is 3. The van der Waals surface area contributed by atoms with Gasteiger partial charge in [0.15, 0.2) is 11.6 Å². The molecule has 44 heavy (non-hydrogen) atoms. The molecule has 6 nitrogen and oxygen atoms in total. The summed E-state index contributed by atoms with van der Waals surface area (Å²) in [6.45, 7) is 23.2. The number of rotatable bonds is 3. The first kappa shape index (κ1) is 30.8. The molecule has 3 fully saturated rings. The minimum Gasteiger partial charge on any atom is -0.445 e. The summed E-state index contributed by atoms with van der Waals surface area (Å²) in [5.74, 6) is 1.88. The second-order valence-electron chi connectivity index (χ2n) is 16.1. The highest BCUT2D eigenvalue weighted by Gasteiger charge is 2.70. The van der Waals surface area contributed by atoms with Crippen LogP contribution in [-0.4, -0.2) is 23.2 Å². The molecule has 1 aromatic rings. The molecule has 3 saturated carbocycles. The zero-order valence-corrected chi connectivity index (χ0v) is 27.4. The molecule has 6 heteroatoms. The maximum atomic E-state index is 14.6. The number of benzene rings is 1. The van der Waals surface area contributed by atoms with Crippen LogP contribution in [0.3, 0.4) is 0 Å². The van der Waals surface area contributed by atoms with Crippen molar-refractivity contribution in [3.8, 4) is 0 Å². The van der Waals surface area contributed by atoms with Gasteiger partial charge in [-0.05, 0) is 78.7 Å². The first-order valence-corrected chi connectivity index (χ1v) is 16.2. The molecule has 0 aromatic heterocycles. The van der Waals surface area contributed by atoms with E-state index in [0.717, 1.165) is 67.9 Å². The number of ether oxygens (including phenoxy) is 1. The second-order valence-corrected chi connectivity index (χ2v) is 16.1. The molecule has 1 amide bonds. The van der Waals surface area contributed by atoms with E-state index in [1.54, 1.807) is 0 Å². The Morgan fingerprint density at radius 3 is 2.32 bits per heavy atom. The van der Waals surface area contributed by atoms with Crippen molar-refractivity contribution in [1.29, 1.82) is 0 Å². The number of Topliss-reactive ketones (excluding diaryl/α,β-unsaturated/α-hetero) is 1. The number of nitrogens with zero attached hydrogens (tertiary/aromatic N) is 1. The van der Waals surface area contributed by atoms with Gasteiger partial charge in [0.1, 0.15) is 6.61 Å². The zero-order valence-electron chi connectivity index (χ0n) is 27.4. The highest BCUT2D eigenvalue weighted by Crippen LogP contribution is 2.74. The van der Waals surface area contributed by atoms with Gasteiger partial charge in [0.2, 0.25) is 5.70 Å². The van der Waals surface area contributed by atoms with Crippen molar-refractivity contribution in [2.24, 2.45) is 33.0 Å². The van der Waals surface area contributed by atoms with Crippen molar-refractivity contribution < 1.29 is 19.1 Å². The fraction of sp³-hybridized carbons (Fsp3) is 0.579. The van der Waals surface area contributed by atoms with E-state index in [0.29, 0.717) is 0 Å². The fourth-order valence-electron chi connectivity index (χ4n) is 10.0. The minimum atomic E-state index is -0.687. The Kier molecular flexibility index (Phi) is 6.93. The van der Waals surface area contributed by atoms with E-state index in [1.165, 1.54) is 0 Å². The number of ketones is 2. The summed E-state index contributed by atoms with van der Waals surface area (Å²) in [6.07, 6.45) is 8.96. The number of hydrogen-bond donors (Lipinski definition) is 1. The lowest BCUT2D eigenvalue weighted by Crippen LogP contribution is -2.68. The molecule has 2 radical (unpaired) electrons. The Morgan fingerprint density at radius 1 is 0.955 bits per heavy atom. The molecule has 1 aromatic carbocycles. The van der Waals surface area contributed by atoms with Gasteiger partial charge < -0.3 is 14.8 Å². The van der Waals surface area contributed by atoms with Gasteiger partial charge in [-0.2, -0.15) is 0 Å². The van der Waals surface area contributed by atoms with Gasteiger partial charge in [0.05, 0.1) is 18.0 Å². The standard InChI is InChI=1S/C38H46N2O4/c1-33(2)16-18-38(40-32(43)44-23-24-12-10-9-11-13-24)19-17-37(7)30(25(38)21-33)27(41)20-29-35(5)22-26(39-8)31(42)34(3,4)28(35)14-15-36(29,37)6/h9-13,20,22,28H,14-19,21,23H2,1-7H3,(H,40,43)/t28-,35-,36+,37+,38-/m0/s1. The molecule has 0 unspecified atom stereocenters. The Hall–Kier alpha value is -3.20. The molecule has 5 aliphatic carbocycles. The summed E-state index contributed by atoms with van der Waals surface area (Å²) in [4.78, 5) is 44.9. The largest absolute Gasteiger partial charge is 0.445 e. The SMILES string of the molecule is [C-]#[N+]C1=C[C@]2(C)C3=CC(=O)[C]4[C]5CC(C)(C)CC[C@]5(NC(=O)OCc5ccccc5)CC[C@@]4(C)[C@]3(C)CC[C@H]2C(C)(C)C1=O. The highest BCUT2D eigenvalue weighted by molar-refractivity contribution is 6.08. The predicted molar refractivity (Wildman–Crippen MR) is 169 cm³/mol. The van der Waals surface area contributed by atoms with Crippen LogP contribution in [0.25, 0.3) is 4.85 Å². The van der Waals surface area contributed by atoms with Crippen molar-refractivity contribution in [2.75, 3.05) is 0 Å². The zero-order chi connectivity index (χ0) is 31.9. The molecule has 5 atom stereocenters. The van der Waals surface area contributed by atoms with Crippen LogP contribution in [0, 0.1) is 51.4 Å². The molecule has 0 aliphatic heterocycles. The molecule has 0 saturated heterocycles. The third kappa shape index (κ3) is 4.28. The molecule has 0 bridgehead atoms. The van der Waals surface area contributed by atoms with E-state index in [4.69, 9.17) is 11.3 Å². The van der Waals surface area contributed by atoms with Crippen molar-refractivity contribution in [1.82, 2.24) is 5.32 Å². The topological polar surface area (TPSA) is 76.8 Å². The van der Waals surface area contributed by atoms with Crippen LogP contribution in [0.15, 0.2) is 53.8 Å². The smallest absolute Gasteiger partial charge is 0.407 e. The van der Waals surface area contributed by atoms with Gasteiger partial charge >= 0.3 is 6.09 Å². The van der Waals surface area contributed by atoms with E-state index in [1.807, 2.05) is 56.3 Å². The average molecular weight is 595 g/mol. The van der Waals surface area contributed by atoms with Gasteiger partial charge in [-0.1, -0.05) is 90.4 Å². The van der Waals surface area contributed by atoms with Crippen molar-refractivity contribution >= 4 is 17.7 Å². The van der Waals surface area contributed by atoms with Crippen LogP contribution in [0.1, 0.15) is 99.0 Å². The number of alkyl carbamates (subject to hydrolysis) is 1. The molecule has 0 spiro atoms. The predicted octanol–water partition coefficient (Wildman–Crippen LogP) is 8.15. The van der Waals surface area contributed by atoms with Crippen LogP contribution in [0.4, 0.5) is 4.79 Å². The van der Waals surface area contributed by atoms with Gasteiger partial charge in [-0.3, -0.25) is 4.79 Å². The summed E-state index contributed by atoms with van der Waals surface area (Å²) in [5, 5.41) is 3.31. The molecule has 1 N–H and O–H groups in total. The number of nitrogens with one attached hydrogen (secondary N) is 1. The maximum Gasteiger partial charge on any atom is 0.407 e. The third-order valence-corrected chi connectivity index (χ3v) is 12.7. The van der Waals surface area contributed by atoms with Crippen LogP contribution < -0.4 is 5.32 Å². The number of carbonyl (C=O) groups is 3. The lowest BCUT2D eigenvalue weighted by Gasteiger charge is -2.68. The Balaban J connectivity index is 1.39. The van der Waals surface area contributed by atoms with E-state index < -0.39 is 27.9 Å². The highest BCUT2D eigenvalue weighted by atomic mass is 16.5. The Bertz CT molecular complexity index is 1510. The molecular formula is C38H46N2O4. The summed E-state index contributed by atoms with van der Waals surface area (Å²) < 4.78 is 5.71. The van der Waals surface area contributed by atoms with E-state index in [9.17, 15) is 14.4 Å². The van der Waals surface area contributed by atoms with Gasteiger partial charge in [-0.15, -0.1) is 0 Å². The lowest BCUT2D eigenvalue weighted by atomic mass is 9.35. The second kappa shape index (κ2) is 9.90. The first-order valence-electron chi connectivity index (χ1n) is 16.2. The minimum absolute atomic E-state index is 0.00442. The normalized spacial score (nSPS) is 37.6. The molecule has 6 rings (SSSR count). The molecule has 5 aliphatic rings. The maximum absolute atomic E-state index is 14.6. The monoisotopic (exact) mass is 594 g/mol. The lowest BCUT2D eigenvalue weighted by molar-refractivity contribution is -0.133. The van der Waals surface area contributed by atoms with Crippen LogP contribution >= 0.6 is 0 Å². The van der Waals surface area contributed by atoms with Crippen LogP contribution in [0.2, 0.25) is 0 Å². The molecule has 0 heterocycles. The van der Waals surface area contributed by atoms with Crippen LogP contribution in [-0.2, 0) is 20.9 Å². The summed E-state index contributed by atoms with van der Waals surface area (Å²) >= 11 is 0. The summed E-state index contributed by atoms with van der Waals surface area (Å²) in [7, 11) is 0. The number of hydrogen-bond acceptors (Lipinski definition) is 4. The van der Waals surface area contributed by atoms with Gasteiger partial charge in [0.25, 0.3) is 0 Å². The summed E-state index contributed by atoms with van der Waals surface area (Å²) in [5.41, 5.74) is -0.472. The Morgan fingerprint density at radius 2 is 1.64 bits per heavy atom. The Labute approximate surface area is 262 Å². The van der Waals surface area contributed by atoms with E-state index in [2.05, 4.69) is 44.8 Å². The van der Waals surface area contributed by atoms with Crippen LogP contribution in [0.5, 0.6) is 0 Å². The van der Waals surface area contributed by atoms with Crippen molar-refractivity contribution in [3.05, 3.63) is 82.6 Å². The number of fused-ring (bicyclic) bond motifs is 7. The third-order valence-electron chi connectivity index (χ3n) is 12.7. The number of allylic oxidation sites excluding steroid dienone is 4. The summed E-state index contributed by atoms with van der Waals surface area (Å²) in [6, 6.07) is 9.67. The first-order chi connectivity index (χ1) is 20.5. The average Bonchev–Trinajstić information content (AvgIpc) is 2.96. The van der Waals surface area contributed by atoms with Gasteiger partial charge in [-0.25, -0.2) is 9.64 Å². The van der Waals surface area contributed by atoms with E-state index in [-0.39, 0.29) is 40.6 Å². The molecule has 232 valence electrons. The van der Waals surface area contributed by atoms with Crippen molar-refractivity contribution in [3.63, 3.8) is 0 Å². The van der Waals surface area contributed by atoms with E-state index >= 15 is 0 Å². The quantitative estimate of drug-likeness (QED) is 0.358. The van der Waals surface area contributed by atoms with Gasteiger partial charge in [0, 0.05) is 16.7 Å².